The number of nitrogens with zero attached hydrogens (tertiary/aromatic N) is 1. The van der Waals surface area contributed by atoms with Crippen molar-refractivity contribution in [3.8, 4) is 0 Å². The molecule has 0 bridgehead atoms. The average molecular weight is 269 g/mol. The van der Waals surface area contributed by atoms with E-state index in [0.717, 1.165) is 9.99 Å². The first kappa shape index (κ1) is 8.83. The molecule has 0 aliphatic rings. The van der Waals surface area contributed by atoms with Gasteiger partial charge in [-0.2, -0.15) is 0 Å². The fourth-order valence-corrected chi connectivity index (χ4v) is 1.10. The van der Waals surface area contributed by atoms with Crippen molar-refractivity contribution in [3.05, 3.63) is 29.6 Å². The summed E-state index contributed by atoms with van der Waals surface area (Å²) in [5.41, 5.74) is 0.814. The van der Waals surface area contributed by atoms with Gasteiger partial charge in [0, 0.05) is 10.6 Å². The van der Waals surface area contributed by atoms with Crippen LogP contribution in [0.1, 0.15) is 17.7 Å². The minimum absolute atomic E-state index is 0.154. The van der Waals surface area contributed by atoms with E-state index in [9.17, 15) is 8.78 Å². The highest BCUT2D eigenvalue weighted by molar-refractivity contribution is 14.1. The number of aromatic nitrogens is 1. The lowest BCUT2D eigenvalue weighted by Crippen LogP contribution is -1.89. The van der Waals surface area contributed by atoms with Crippen LogP contribution in [0, 0.1) is 0 Å². The summed E-state index contributed by atoms with van der Waals surface area (Å²) >= 11 is 2.15. The molecule has 1 heterocycles. The lowest BCUT2D eigenvalue weighted by molar-refractivity contribution is 0.146. The van der Waals surface area contributed by atoms with E-state index in [-0.39, 0.29) is 5.69 Å². The number of pyridine rings is 1. The number of hydrogen-bond acceptors (Lipinski definition) is 1. The Kier molecular flexibility index (Phi) is 3.16. The van der Waals surface area contributed by atoms with Crippen LogP contribution < -0.4 is 0 Å². The molecule has 0 N–H and O–H groups in total. The van der Waals surface area contributed by atoms with Crippen molar-refractivity contribution >= 4 is 22.6 Å². The molecule has 0 fully saturated rings. The third-order valence-electron chi connectivity index (χ3n) is 1.23. The fraction of sp³-hybridized carbons (Fsp3) is 0.286. The molecule has 0 aliphatic carbocycles. The molecule has 4 heteroatoms. The van der Waals surface area contributed by atoms with Crippen LogP contribution in [-0.2, 0) is 4.43 Å². The van der Waals surface area contributed by atoms with Crippen molar-refractivity contribution in [3.63, 3.8) is 0 Å². The maximum Gasteiger partial charge on any atom is 0.280 e. The van der Waals surface area contributed by atoms with Gasteiger partial charge in [0.05, 0.1) is 0 Å². The first-order valence-corrected chi connectivity index (χ1v) is 4.55. The minimum Gasteiger partial charge on any atom is -0.255 e. The minimum atomic E-state index is -2.46. The van der Waals surface area contributed by atoms with Gasteiger partial charge in [0.15, 0.2) is 0 Å². The van der Waals surface area contributed by atoms with E-state index in [1.165, 1.54) is 12.3 Å². The zero-order valence-electron chi connectivity index (χ0n) is 5.60. The van der Waals surface area contributed by atoms with E-state index >= 15 is 0 Å². The summed E-state index contributed by atoms with van der Waals surface area (Å²) in [7, 11) is 0. The first-order valence-electron chi connectivity index (χ1n) is 3.03. The number of rotatable bonds is 2. The van der Waals surface area contributed by atoms with Crippen LogP contribution >= 0.6 is 22.6 Å². The van der Waals surface area contributed by atoms with E-state index < -0.39 is 6.43 Å². The molecular formula is C7H6F2IN. The standard InChI is InChI=1S/C7H6F2IN/c8-7(9)6-2-1-5(3-10)4-11-6/h1-2,4,7H,3H2. The monoisotopic (exact) mass is 269 g/mol. The highest BCUT2D eigenvalue weighted by Gasteiger charge is 2.06. The number of alkyl halides is 3. The zero-order valence-corrected chi connectivity index (χ0v) is 7.76. The molecule has 0 atom stereocenters. The molecule has 1 rings (SSSR count). The van der Waals surface area contributed by atoms with Crippen molar-refractivity contribution in [2.24, 2.45) is 0 Å². The van der Waals surface area contributed by atoms with Crippen LogP contribution in [0.15, 0.2) is 18.3 Å². The van der Waals surface area contributed by atoms with Gasteiger partial charge >= 0.3 is 0 Å². The van der Waals surface area contributed by atoms with Crippen LogP contribution in [0.3, 0.4) is 0 Å². The second kappa shape index (κ2) is 3.94. The summed E-state index contributed by atoms with van der Waals surface area (Å²) in [5, 5.41) is 0. The Balaban J connectivity index is 2.83. The Morgan fingerprint density at radius 3 is 2.55 bits per heavy atom. The largest absolute Gasteiger partial charge is 0.280 e. The normalized spacial score (nSPS) is 10.5. The molecule has 0 saturated carbocycles. The molecule has 0 aliphatic heterocycles. The van der Waals surface area contributed by atoms with Crippen molar-refractivity contribution in [1.82, 2.24) is 4.98 Å². The van der Waals surface area contributed by atoms with Crippen LogP contribution in [0.25, 0.3) is 0 Å². The van der Waals surface area contributed by atoms with Gasteiger partial charge in [-0.25, -0.2) is 8.78 Å². The van der Waals surface area contributed by atoms with E-state index in [0.29, 0.717) is 0 Å². The van der Waals surface area contributed by atoms with Gasteiger partial charge in [0.1, 0.15) is 5.69 Å². The smallest absolute Gasteiger partial charge is 0.255 e. The summed E-state index contributed by atoms with van der Waals surface area (Å²) in [6.07, 6.45) is -0.980. The molecule has 60 valence electrons. The van der Waals surface area contributed by atoms with Crippen molar-refractivity contribution < 1.29 is 8.78 Å². The maximum absolute atomic E-state index is 11.9. The van der Waals surface area contributed by atoms with Crippen LogP contribution in [0.5, 0.6) is 0 Å². The summed E-state index contributed by atoms with van der Waals surface area (Å²) in [6, 6.07) is 3.03. The van der Waals surface area contributed by atoms with Crippen LogP contribution in [0.4, 0.5) is 8.78 Å². The molecule has 1 aromatic heterocycles. The number of halogens is 3. The topological polar surface area (TPSA) is 12.9 Å². The van der Waals surface area contributed by atoms with Gasteiger partial charge in [0.2, 0.25) is 0 Å². The highest BCUT2D eigenvalue weighted by atomic mass is 127. The quantitative estimate of drug-likeness (QED) is 0.594. The number of hydrogen-bond donors (Lipinski definition) is 0. The van der Waals surface area contributed by atoms with Crippen LogP contribution in [0.2, 0.25) is 0 Å². The third kappa shape index (κ3) is 2.36. The summed E-state index contributed by atoms with van der Waals surface area (Å²) in [4.78, 5) is 3.59. The van der Waals surface area contributed by atoms with E-state index in [1.807, 2.05) is 0 Å². The maximum atomic E-state index is 11.9. The Hall–Kier alpha value is -0.260. The highest BCUT2D eigenvalue weighted by Crippen LogP contribution is 2.16. The molecule has 0 saturated heterocycles. The Labute approximate surface area is 77.0 Å². The Morgan fingerprint density at radius 2 is 2.18 bits per heavy atom. The van der Waals surface area contributed by atoms with Gasteiger partial charge in [0.25, 0.3) is 6.43 Å². The summed E-state index contributed by atoms with van der Waals surface area (Å²) < 4.78 is 24.7. The van der Waals surface area contributed by atoms with E-state index in [1.54, 1.807) is 6.07 Å². The molecule has 0 amide bonds. The Morgan fingerprint density at radius 1 is 1.45 bits per heavy atom. The third-order valence-corrected chi connectivity index (χ3v) is 2.11. The SMILES string of the molecule is FC(F)c1ccc(CI)cn1. The molecule has 0 spiro atoms. The van der Waals surface area contributed by atoms with Gasteiger partial charge in [-0.15, -0.1) is 0 Å². The second-order valence-corrected chi connectivity index (χ2v) is 2.79. The predicted octanol–water partition coefficient (Wildman–Crippen LogP) is 2.95. The van der Waals surface area contributed by atoms with Crippen molar-refractivity contribution in [1.29, 1.82) is 0 Å². The summed E-state index contributed by atoms with van der Waals surface area (Å²) in [5.74, 6) is 0. The molecule has 0 radical (unpaired) electrons. The van der Waals surface area contributed by atoms with E-state index in [4.69, 9.17) is 0 Å². The zero-order chi connectivity index (χ0) is 8.27. The predicted molar refractivity (Wildman–Crippen MR) is 46.9 cm³/mol. The average Bonchev–Trinajstić information content (AvgIpc) is 2.05. The second-order valence-electron chi connectivity index (χ2n) is 2.03. The molecular weight excluding hydrogens is 263 g/mol. The first-order chi connectivity index (χ1) is 5.24. The van der Waals surface area contributed by atoms with Crippen molar-refractivity contribution in [2.45, 2.75) is 10.9 Å². The molecule has 0 aromatic carbocycles. The van der Waals surface area contributed by atoms with Crippen molar-refractivity contribution in [2.75, 3.05) is 0 Å². The molecule has 0 unspecified atom stereocenters. The fourth-order valence-electron chi connectivity index (χ4n) is 0.644. The van der Waals surface area contributed by atoms with Gasteiger partial charge in [-0.05, 0) is 11.6 Å². The van der Waals surface area contributed by atoms with E-state index in [2.05, 4.69) is 27.6 Å². The van der Waals surface area contributed by atoms with Gasteiger partial charge in [-0.1, -0.05) is 28.7 Å². The Bertz CT molecular complexity index is 222. The summed E-state index contributed by atoms with van der Waals surface area (Å²) in [6.45, 7) is 0. The van der Waals surface area contributed by atoms with Gasteiger partial charge in [-0.3, -0.25) is 4.98 Å². The molecule has 1 nitrogen and oxygen atoms in total. The lowest BCUT2D eigenvalue weighted by Gasteiger charge is -1.98. The lowest BCUT2D eigenvalue weighted by atomic mass is 10.3. The molecule has 11 heavy (non-hydrogen) atoms. The van der Waals surface area contributed by atoms with Gasteiger partial charge < -0.3 is 0 Å². The molecule has 1 aromatic rings. The van der Waals surface area contributed by atoms with Crippen LogP contribution in [-0.4, -0.2) is 4.98 Å².